The summed E-state index contributed by atoms with van der Waals surface area (Å²) in [6.45, 7) is 7.98. The van der Waals surface area contributed by atoms with Crippen molar-refractivity contribution in [3.63, 3.8) is 0 Å². The van der Waals surface area contributed by atoms with Gasteiger partial charge in [0.2, 0.25) is 0 Å². The van der Waals surface area contributed by atoms with Gasteiger partial charge < -0.3 is 19.8 Å². The van der Waals surface area contributed by atoms with E-state index in [0.29, 0.717) is 18.7 Å². The van der Waals surface area contributed by atoms with Crippen LogP contribution in [0, 0.1) is 5.41 Å². The maximum absolute atomic E-state index is 5.48. The van der Waals surface area contributed by atoms with Gasteiger partial charge in [0, 0.05) is 30.7 Å². The van der Waals surface area contributed by atoms with E-state index in [-0.39, 0.29) is 29.4 Å². The molecule has 1 aliphatic rings. The summed E-state index contributed by atoms with van der Waals surface area (Å²) in [5.41, 5.74) is 1.20. The Morgan fingerprint density at radius 1 is 1.52 bits per heavy atom. The van der Waals surface area contributed by atoms with Gasteiger partial charge in [-0.25, -0.2) is 4.99 Å². The van der Waals surface area contributed by atoms with Gasteiger partial charge in [0.25, 0.3) is 0 Å². The second-order valence-electron chi connectivity index (χ2n) is 5.81. The zero-order valence-electron chi connectivity index (χ0n) is 13.2. The fraction of sp³-hybridized carbons (Fsp3) is 0.667. The summed E-state index contributed by atoms with van der Waals surface area (Å²) in [4.78, 5) is 4.59. The molecule has 0 amide bonds. The number of hydrogen-bond donors (Lipinski definition) is 2. The third kappa shape index (κ3) is 4.35. The number of nitrogens with one attached hydrogen (secondary N) is 2. The first-order valence-corrected chi connectivity index (χ1v) is 7.16. The largest absolute Gasteiger partial charge is 0.472 e. The van der Waals surface area contributed by atoms with Crippen LogP contribution in [0.2, 0.25) is 0 Å². The Bertz CT molecular complexity index is 446. The van der Waals surface area contributed by atoms with Crippen LogP contribution in [0.25, 0.3) is 0 Å². The number of nitrogens with zero attached hydrogens (tertiary/aromatic N) is 1. The van der Waals surface area contributed by atoms with Gasteiger partial charge in [-0.05, 0) is 19.4 Å². The van der Waals surface area contributed by atoms with Gasteiger partial charge in [0.1, 0.15) is 0 Å². The van der Waals surface area contributed by atoms with Crippen LogP contribution in [-0.2, 0) is 11.3 Å². The standard InChI is InChI=1S/C15H25N3O2.HI/c1-5-16-14(17-9-11-6-7-20-10-11)18-12-8-13(19-4)15(12,2)3;/h6-7,10,12-13H,5,8-9H2,1-4H3,(H2,16,17,18);1H. The summed E-state index contributed by atoms with van der Waals surface area (Å²) in [6, 6.07) is 2.32. The zero-order chi connectivity index (χ0) is 14.6. The summed E-state index contributed by atoms with van der Waals surface area (Å²) in [6.07, 6.45) is 4.72. The van der Waals surface area contributed by atoms with E-state index in [1.807, 2.05) is 6.07 Å². The van der Waals surface area contributed by atoms with E-state index >= 15 is 0 Å². The molecule has 0 aromatic carbocycles. The summed E-state index contributed by atoms with van der Waals surface area (Å²) < 4.78 is 10.5. The lowest BCUT2D eigenvalue weighted by Gasteiger charge is -2.51. The molecule has 2 atom stereocenters. The molecule has 1 fully saturated rings. The molecule has 5 nitrogen and oxygen atoms in total. The van der Waals surface area contributed by atoms with E-state index in [1.54, 1.807) is 19.6 Å². The smallest absolute Gasteiger partial charge is 0.191 e. The monoisotopic (exact) mass is 407 g/mol. The minimum atomic E-state index is 0. The van der Waals surface area contributed by atoms with Crippen molar-refractivity contribution in [1.82, 2.24) is 10.6 Å². The van der Waals surface area contributed by atoms with Crippen LogP contribution in [0.4, 0.5) is 0 Å². The topological polar surface area (TPSA) is 58.8 Å². The van der Waals surface area contributed by atoms with Gasteiger partial charge >= 0.3 is 0 Å². The van der Waals surface area contributed by atoms with Crippen molar-refractivity contribution >= 4 is 29.9 Å². The Balaban J connectivity index is 0.00000220. The second-order valence-corrected chi connectivity index (χ2v) is 5.81. The van der Waals surface area contributed by atoms with E-state index in [2.05, 4.69) is 36.4 Å². The third-order valence-corrected chi connectivity index (χ3v) is 4.12. The molecule has 2 rings (SSSR count). The minimum absolute atomic E-state index is 0. The molecule has 1 aromatic rings. The second kappa shape index (κ2) is 8.03. The van der Waals surface area contributed by atoms with Crippen LogP contribution in [0.3, 0.4) is 0 Å². The Labute approximate surface area is 143 Å². The molecule has 0 saturated heterocycles. The molecule has 1 saturated carbocycles. The highest BCUT2D eigenvalue weighted by atomic mass is 127. The quantitative estimate of drug-likeness (QED) is 0.448. The first kappa shape index (κ1) is 18.3. The molecule has 0 radical (unpaired) electrons. The first-order chi connectivity index (χ1) is 9.57. The maximum Gasteiger partial charge on any atom is 0.191 e. The van der Waals surface area contributed by atoms with Crippen molar-refractivity contribution in [3.8, 4) is 0 Å². The van der Waals surface area contributed by atoms with E-state index in [9.17, 15) is 0 Å². The van der Waals surface area contributed by atoms with Crippen LogP contribution in [0.5, 0.6) is 0 Å². The molecule has 6 heteroatoms. The number of hydrogen-bond acceptors (Lipinski definition) is 3. The van der Waals surface area contributed by atoms with Crippen molar-refractivity contribution < 1.29 is 9.15 Å². The van der Waals surface area contributed by atoms with E-state index < -0.39 is 0 Å². The van der Waals surface area contributed by atoms with Crippen LogP contribution in [0.15, 0.2) is 28.0 Å². The van der Waals surface area contributed by atoms with Gasteiger partial charge in [0.05, 0.1) is 25.2 Å². The van der Waals surface area contributed by atoms with Crippen LogP contribution in [0.1, 0.15) is 32.8 Å². The lowest BCUT2D eigenvalue weighted by Crippen LogP contribution is -2.63. The lowest BCUT2D eigenvalue weighted by atomic mass is 9.64. The number of methoxy groups -OCH3 is 1. The predicted molar refractivity (Wildman–Crippen MR) is 95.1 cm³/mol. The van der Waals surface area contributed by atoms with Crippen molar-refractivity contribution in [2.24, 2.45) is 10.4 Å². The van der Waals surface area contributed by atoms with Gasteiger partial charge in [-0.15, -0.1) is 24.0 Å². The summed E-state index contributed by atoms with van der Waals surface area (Å²) in [5.74, 6) is 0.848. The fourth-order valence-corrected chi connectivity index (χ4v) is 2.57. The molecule has 1 heterocycles. The van der Waals surface area contributed by atoms with Crippen molar-refractivity contribution in [2.75, 3.05) is 13.7 Å². The third-order valence-electron chi connectivity index (χ3n) is 4.12. The number of furan rings is 1. The Kier molecular flexibility index (Phi) is 6.99. The number of aliphatic imine (C=N–C) groups is 1. The Morgan fingerprint density at radius 2 is 2.29 bits per heavy atom. The van der Waals surface area contributed by atoms with E-state index in [1.165, 1.54) is 0 Å². The van der Waals surface area contributed by atoms with E-state index in [4.69, 9.17) is 9.15 Å². The Morgan fingerprint density at radius 3 is 2.81 bits per heavy atom. The van der Waals surface area contributed by atoms with Crippen LogP contribution < -0.4 is 10.6 Å². The first-order valence-electron chi connectivity index (χ1n) is 7.16. The lowest BCUT2D eigenvalue weighted by molar-refractivity contribution is -0.0922. The number of halogens is 1. The molecule has 120 valence electrons. The zero-order valence-corrected chi connectivity index (χ0v) is 15.5. The molecule has 0 spiro atoms. The molecular formula is C15H26IN3O2. The maximum atomic E-state index is 5.48. The minimum Gasteiger partial charge on any atom is -0.472 e. The SMILES string of the molecule is CCNC(=NCc1ccoc1)NC1CC(OC)C1(C)C.I. The van der Waals surface area contributed by atoms with Crippen LogP contribution >= 0.6 is 24.0 Å². The number of rotatable bonds is 5. The van der Waals surface area contributed by atoms with E-state index in [0.717, 1.165) is 24.5 Å². The predicted octanol–water partition coefficient (Wildman–Crippen LogP) is 2.77. The summed E-state index contributed by atoms with van der Waals surface area (Å²) in [5, 5.41) is 6.78. The highest BCUT2D eigenvalue weighted by Crippen LogP contribution is 2.42. The molecular weight excluding hydrogens is 381 g/mol. The van der Waals surface area contributed by atoms with Gasteiger partial charge in [-0.1, -0.05) is 13.8 Å². The molecule has 2 unspecified atom stereocenters. The summed E-state index contributed by atoms with van der Waals surface area (Å²) in [7, 11) is 1.78. The van der Waals surface area contributed by atoms with Gasteiger partial charge in [-0.3, -0.25) is 0 Å². The highest BCUT2D eigenvalue weighted by Gasteiger charge is 2.48. The van der Waals surface area contributed by atoms with Gasteiger partial charge in [0.15, 0.2) is 5.96 Å². The normalized spacial score (nSPS) is 23.9. The average Bonchev–Trinajstić information content (AvgIpc) is 2.93. The van der Waals surface area contributed by atoms with Crippen molar-refractivity contribution in [2.45, 2.75) is 45.9 Å². The summed E-state index contributed by atoms with van der Waals surface area (Å²) >= 11 is 0. The molecule has 2 N–H and O–H groups in total. The molecule has 21 heavy (non-hydrogen) atoms. The molecule has 0 bridgehead atoms. The number of guanidine groups is 1. The molecule has 1 aromatic heterocycles. The highest BCUT2D eigenvalue weighted by molar-refractivity contribution is 14.0. The van der Waals surface area contributed by atoms with Gasteiger partial charge in [-0.2, -0.15) is 0 Å². The fourth-order valence-electron chi connectivity index (χ4n) is 2.57. The van der Waals surface area contributed by atoms with Crippen molar-refractivity contribution in [1.29, 1.82) is 0 Å². The van der Waals surface area contributed by atoms with Crippen molar-refractivity contribution in [3.05, 3.63) is 24.2 Å². The van der Waals surface area contributed by atoms with Crippen LogP contribution in [-0.4, -0.2) is 31.8 Å². The Hall–Kier alpha value is -0.760. The molecule has 1 aliphatic carbocycles. The molecule has 0 aliphatic heterocycles. The number of ether oxygens (including phenoxy) is 1. The average molecular weight is 407 g/mol.